The smallest absolute Gasteiger partial charge is 0.148 e. The van der Waals surface area contributed by atoms with Crippen molar-refractivity contribution in [2.75, 3.05) is 5.32 Å². The van der Waals surface area contributed by atoms with Crippen molar-refractivity contribution < 1.29 is 0 Å². The molecule has 0 saturated heterocycles. The summed E-state index contributed by atoms with van der Waals surface area (Å²) in [5.41, 5.74) is 14.1. The molecular formula is C56H41N2+. The highest BCUT2D eigenvalue weighted by Gasteiger charge is 2.38. The number of nitrogens with zero attached hydrogens (tertiary/aromatic N) is 1. The maximum Gasteiger partial charge on any atom is 0.148 e. The fourth-order valence-electron chi connectivity index (χ4n) is 8.72. The first kappa shape index (κ1) is 34.9. The molecule has 0 aliphatic heterocycles. The number of benzene rings is 10. The molecule has 10 aromatic rings. The van der Waals surface area contributed by atoms with Crippen molar-refractivity contribution in [3.8, 4) is 33.4 Å². The molecule has 10 aromatic carbocycles. The lowest BCUT2D eigenvalue weighted by Crippen LogP contribution is -2.33. The number of hydrogen-bond acceptors (Lipinski definition) is 1. The van der Waals surface area contributed by atoms with Gasteiger partial charge >= 0.3 is 0 Å². The number of nitrogens with one attached hydrogen (secondary N) is 1. The molecule has 0 aromatic heterocycles. The van der Waals surface area contributed by atoms with Crippen LogP contribution in [0.4, 0.5) is 34.1 Å². The van der Waals surface area contributed by atoms with Crippen molar-refractivity contribution in [2.24, 2.45) is 0 Å². The average Bonchev–Trinajstić information content (AvgIpc) is 3.31. The Morgan fingerprint density at radius 2 is 0.586 bits per heavy atom. The summed E-state index contributed by atoms with van der Waals surface area (Å²) in [6, 6.07) is 87.4. The first-order valence-corrected chi connectivity index (χ1v) is 19.9. The maximum absolute atomic E-state index is 3.68. The topological polar surface area (TPSA) is 12.0 Å². The fraction of sp³-hybridized carbons (Fsp3) is 0. The van der Waals surface area contributed by atoms with Gasteiger partial charge in [0.25, 0.3) is 0 Å². The molecule has 2 nitrogen and oxygen atoms in total. The lowest BCUT2D eigenvalue weighted by atomic mass is 9.85. The van der Waals surface area contributed by atoms with Crippen LogP contribution in [0.25, 0.3) is 54.9 Å². The van der Waals surface area contributed by atoms with E-state index in [1.807, 2.05) is 0 Å². The highest BCUT2D eigenvalue weighted by atomic mass is 15.4. The monoisotopic (exact) mass is 741 g/mol. The molecule has 0 aliphatic rings. The minimum absolute atomic E-state index is 0.470. The summed E-state index contributed by atoms with van der Waals surface area (Å²) in [7, 11) is 0. The number of anilines is 2. The van der Waals surface area contributed by atoms with Crippen LogP contribution in [0.5, 0.6) is 0 Å². The molecule has 0 spiro atoms. The summed E-state index contributed by atoms with van der Waals surface area (Å²) in [4.78, 5) is 0. The third-order valence-electron chi connectivity index (χ3n) is 11.3. The van der Waals surface area contributed by atoms with Crippen LogP contribution in [-0.2, 0) is 0 Å². The van der Waals surface area contributed by atoms with Crippen LogP contribution < -0.4 is 9.80 Å². The van der Waals surface area contributed by atoms with Crippen molar-refractivity contribution >= 4 is 55.7 Å². The minimum atomic E-state index is 0.470. The molecule has 0 saturated carbocycles. The lowest BCUT2D eigenvalue weighted by molar-refractivity contribution is 0.704. The van der Waals surface area contributed by atoms with E-state index >= 15 is 0 Å². The Labute approximate surface area is 340 Å². The second-order valence-corrected chi connectivity index (χ2v) is 14.7. The van der Waals surface area contributed by atoms with E-state index in [2.05, 4.69) is 248 Å². The molecule has 0 atom stereocenters. The summed E-state index contributed by atoms with van der Waals surface area (Å²) in [6.07, 6.45) is 0. The van der Waals surface area contributed by atoms with Crippen LogP contribution in [0.3, 0.4) is 0 Å². The van der Waals surface area contributed by atoms with Gasteiger partial charge in [-0.25, -0.2) is 0 Å². The van der Waals surface area contributed by atoms with E-state index in [0.29, 0.717) is 4.48 Å². The molecule has 0 aliphatic carbocycles. The zero-order chi connectivity index (χ0) is 38.7. The van der Waals surface area contributed by atoms with Gasteiger partial charge in [-0.2, -0.15) is 4.48 Å². The molecule has 10 rings (SSSR count). The van der Waals surface area contributed by atoms with E-state index in [9.17, 15) is 0 Å². The summed E-state index contributed by atoms with van der Waals surface area (Å²) >= 11 is 0. The molecule has 2 heteroatoms. The van der Waals surface area contributed by atoms with Crippen LogP contribution in [-0.4, -0.2) is 0 Å². The predicted octanol–water partition coefficient (Wildman–Crippen LogP) is 16.0. The van der Waals surface area contributed by atoms with E-state index in [1.54, 1.807) is 0 Å². The number of fused-ring (bicyclic) bond motifs is 2. The largest absolute Gasteiger partial charge is 0.356 e. The number of quaternary nitrogens is 1. The summed E-state index contributed by atoms with van der Waals surface area (Å²) in [5.74, 6) is 0. The van der Waals surface area contributed by atoms with Gasteiger partial charge in [-0.1, -0.05) is 164 Å². The predicted molar refractivity (Wildman–Crippen MR) is 248 cm³/mol. The van der Waals surface area contributed by atoms with E-state index in [4.69, 9.17) is 0 Å². The minimum Gasteiger partial charge on any atom is -0.356 e. The van der Waals surface area contributed by atoms with Crippen LogP contribution in [0.2, 0.25) is 0 Å². The Morgan fingerprint density at radius 3 is 1.05 bits per heavy atom. The molecule has 0 heterocycles. The Bertz CT molecular complexity index is 2870. The second kappa shape index (κ2) is 15.2. The zero-order valence-corrected chi connectivity index (χ0v) is 32.0. The molecule has 0 unspecified atom stereocenters. The van der Waals surface area contributed by atoms with Crippen molar-refractivity contribution in [3.05, 3.63) is 243 Å². The Kier molecular flexibility index (Phi) is 9.15. The van der Waals surface area contributed by atoms with E-state index < -0.39 is 0 Å². The summed E-state index contributed by atoms with van der Waals surface area (Å²) in [6.45, 7) is 0. The third kappa shape index (κ3) is 6.23. The van der Waals surface area contributed by atoms with Gasteiger partial charge in [-0.15, -0.1) is 0 Å². The molecule has 0 bridgehead atoms. The van der Waals surface area contributed by atoms with E-state index in [-0.39, 0.29) is 0 Å². The van der Waals surface area contributed by atoms with Crippen molar-refractivity contribution in [1.82, 2.24) is 4.48 Å². The SMILES string of the molecule is c1ccc(-c2c3ccccc3c(-c3ccccc3)c3cc(-c4ccc(Nc5ccc([N+](c6ccccc6)(c6ccccc6)c6ccccc6)cc5)cc4)ccc23)cc1. The van der Waals surface area contributed by atoms with Crippen LogP contribution in [0.15, 0.2) is 243 Å². The number of hydrogen-bond donors (Lipinski definition) is 1. The highest BCUT2D eigenvalue weighted by Crippen LogP contribution is 2.51. The van der Waals surface area contributed by atoms with Gasteiger partial charge in [0.1, 0.15) is 22.7 Å². The summed E-state index contributed by atoms with van der Waals surface area (Å²) in [5, 5.41) is 8.71. The van der Waals surface area contributed by atoms with E-state index in [1.165, 1.54) is 72.0 Å². The number of para-hydroxylation sites is 3. The average molecular weight is 742 g/mol. The third-order valence-corrected chi connectivity index (χ3v) is 11.3. The highest BCUT2D eigenvalue weighted by molar-refractivity contribution is 6.22. The fourth-order valence-corrected chi connectivity index (χ4v) is 8.72. The lowest BCUT2D eigenvalue weighted by Gasteiger charge is -2.37. The van der Waals surface area contributed by atoms with Gasteiger partial charge in [-0.05, 0) is 85.3 Å². The van der Waals surface area contributed by atoms with Crippen molar-refractivity contribution in [2.45, 2.75) is 0 Å². The van der Waals surface area contributed by atoms with Gasteiger partial charge in [-0.3, -0.25) is 0 Å². The first-order chi connectivity index (χ1) is 28.8. The maximum atomic E-state index is 3.68. The van der Waals surface area contributed by atoms with Gasteiger partial charge in [0.15, 0.2) is 0 Å². The molecule has 0 fully saturated rings. The Morgan fingerprint density at radius 1 is 0.241 bits per heavy atom. The molecular weight excluding hydrogens is 701 g/mol. The summed E-state index contributed by atoms with van der Waals surface area (Å²) < 4.78 is 0.470. The molecule has 274 valence electrons. The van der Waals surface area contributed by atoms with Crippen molar-refractivity contribution in [3.63, 3.8) is 0 Å². The van der Waals surface area contributed by atoms with Gasteiger partial charge in [0.2, 0.25) is 0 Å². The quantitative estimate of drug-likeness (QED) is 0.115. The van der Waals surface area contributed by atoms with Gasteiger partial charge < -0.3 is 5.32 Å². The molecule has 1 N–H and O–H groups in total. The Balaban J connectivity index is 1.01. The molecule has 0 radical (unpaired) electrons. The van der Waals surface area contributed by atoms with E-state index in [0.717, 1.165) is 17.1 Å². The molecule has 0 amide bonds. The van der Waals surface area contributed by atoms with Crippen molar-refractivity contribution in [1.29, 1.82) is 0 Å². The number of rotatable bonds is 9. The van der Waals surface area contributed by atoms with Crippen LogP contribution in [0, 0.1) is 0 Å². The van der Waals surface area contributed by atoms with Gasteiger partial charge in [0, 0.05) is 59.9 Å². The first-order valence-electron chi connectivity index (χ1n) is 19.9. The molecule has 58 heavy (non-hydrogen) atoms. The van der Waals surface area contributed by atoms with Crippen LogP contribution >= 0.6 is 0 Å². The second-order valence-electron chi connectivity index (χ2n) is 14.7. The van der Waals surface area contributed by atoms with Gasteiger partial charge in [0.05, 0.1) is 0 Å². The zero-order valence-electron chi connectivity index (χ0n) is 32.0. The Hall–Kier alpha value is -7.52. The van der Waals surface area contributed by atoms with Crippen LogP contribution in [0.1, 0.15) is 0 Å². The standard InChI is InChI=1S/C56H41N2/c1-6-18-42(19-7-1)55-51-28-16-17-29-52(51)56(43-20-8-2-9-21-43)54-40-44(32-39-53(54)55)41-30-33-45(34-31-41)57-46-35-37-50(38-36-46)58(47-22-10-3-11-23-47,48-24-12-4-13-25-48)49-26-14-5-15-27-49/h1-40,57H/q+1. The normalized spacial score (nSPS) is 11.4.